The number of hydrogen-bond acceptors (Lipinski definition) is 6. The molecule has 0 aliphatic heterocycles. The van der Waals surface area contributed by atoms with Crippen molar-refractivity contribution in [3.8, 4) is 0 Å². The summed E-state index contributed by atoms with van der Waals surface area (Å²) in [5.41, 5.74) is 6.58. The Hall–Kier alpha value is -1.28. The van der Waals surface area contributed by atoms with Crippen LogP contribution in [0.4, 0.5) is 5.13 Å². The minimum Gasteiger partial charge on any atom is -0.375 e. The Morgan fingerprint density at radius 2 is 2.14 bits per heavy atom. The zero-order chi connectivity index (χ0) is 15.0. The number of benzene rings is 1. The van der Waals surface area contributed by atoms with Crippen LogP contribution in [0.15, 0.2) is 28.2 Å². The molecule has 0 atom stereocenters. The quantitative estimate of drug-likeness (QED) is 0.552. The summed E-state index contributed by atoms with van der Waals surface area (Å²) in [4.78, 5) is 22.9. The summed E-state index contributed by atoms with van der Waals surface area (Å²) in [6, 6.07) is 5.42. The molecule has 1 aromatic carbocycles. The van der Waals surface area contributed by atoms with E-state index in [1.54, 1.807) is 6.07 Å². The van der Waals surface area contributed by atoms with Crippen LogP contribution in [0, 0.1) is 0 Å². The largest absolute Gasteiger partial charge is 0.375 e. The van der Waals surface area contributed by atoms with Gasteiger partial charge >= 0.3 is 0 Å². The third-order valence-corrected chi connectivity index (χ3v) is 5.31. The molecule has 0 spiro atoms. The molecule has 0 aliphatic rings. The third-order valence-electron chi connectivity index (χ3n) is 2.66. The van der Waals surface area contributed by atoms with E-state index in [0.29, 0.717) is 36.4 Å². The van der Waals surface area contributed by atoms with Gasteiger partial charge in [0, 0.05) is 5.75 Å². The fraction of sp³-hybridized carbons (Fsp3) is 0.0833. The number of halogens is 2. The molecule has 0 bridgehead atoms. The molecule has 2 heterocycles. The van der Waals surface area contributed by atoms with Gasteiger partial charge in [-0.25, -0.2) is 9.97 Å². The Kier molecular flexibility index (Phi) is 4.08. The summed E-state index contributed by atoms with van der Waals surface area (Å²) < 4.78 is 0.428. The molecule has 0 amide bonds. The van der Waals surface area contributed by atoms with Crippen LogP contribution in [0.5, 0.6) is 0 Å². The standard InChI is InChI=1S/C12H8Cl2N4OS2/c13-6-3-1-2-5(7(6)14)4-20-12-17-9-8(10(19)18-12)21-11(15)16-9/h1-3H,4H2,(H3,15,16,17,18,19). The molecule has 0 fully saturated rings. The van der Waals surface area contributed by atoms with Gasteiger partial charge in [-0.1, -0.05) is 58.4 Å². The zero-order valence-electron chi connectivity index (χ0n) is 10.4. The molecule has 0 saturated carbocycles. The molecular formula is C12H8Cl2N4OS2. The number of nitrogens with zero attached hydrogens (tertiary/aromatic N) is 2. The average molecular weight is 359 g/mol. The van der Waals surface area contributed by atoms with Crippen molar-refractivity contribution in [2.75, 3.05) is 5.73 Å². The molecule has 2 aromatic heterocycles. The Morgan fingerprint density at radius 1 is 1.33 bits per heavy atom. The fourth-order valence-electron chi connectivity index (χ4n) is 1.70. The van der Waals surface area contributed by atoms with E-state index in [4.69, 9.17) is 28.9 Å². The number of nitrogen functional groups attached to an aromatic ring is 1. The molecule has 5 nitrogen and oxygen atoms in total. The molecule has 3 aromatic rings. The smallest absolute Gasteiger partial charge is 0.271 e. The molecular weight excluding hydrogens is 351 g/mol. The van der Waals surface area contributed by atoms with Crippen molar-refractivity contribution in [2.24, 2.45) is 0 Å². The Balaban J connectivity index is 1.88. The van der Waals surface area contributed by atoms with Crippen molar-refractivity contribution in [1.29, 1.82) is 0 Å². The van der Waals surface area contributed by atoms with E-state index < -0.39 is 0 Å². The van der Waals surface area contributed by atoms with Crippen molar-refractivity contribution in [3.63, 3.8) is 0 Å². The maximum atomic E-state index is 11.9. The third kappa shape index (κ3) is 3.01. The Bertz CT molecular complexity index is 877. The normalized spacial score (nSPS) is 11.1. The van der Waals surface area contributed by atoms with Crippen LogP contribution in [0.25, 0.3) is 10.3 Å². The lowest BCUT2D eigenvalue weighted by Gasteiger charge is -2.04. The highest BCUT2D eigenvalue weighted by Crippen LogP contribution is 2.30. The number of thiazole rings is 1. The first-order valence-electron chi connectivity index (χ1n) is 5.76. The highest BCUT2D eigenvalue weighted by atomic mass is 35.5. The van der Waals surface area contributed by atoms with Crippen LogP contribution in [-0.4, -0.2) is 15.0 Å². The number of nitrogens with one attached hydrogen (secondary N) is 1. The second kappa shape index (κ2) is 5.84. The maximum absolute atomic E-state index is 11.9. The van der Waals surface area contributed by atoms with Crippen molar-refractivity contribution in [3.05, 3.63) is 44.2 Å². The van der Waals surface area contributed by atoms with Crippen LogP contribution >= 0.6 is 46.3 Å². The molecule has 0 unspecified atom stereocenters. The SMILES string of the molecule is Nc1nc2nc(SCc3cccc(Cl)c3Cl)[nH]c(=O)c2s1. The van der Waals surface area contributed by atoms with Gasteiger partial charge in [-0.3, -0.25) is 4.79 Å². The lowest BCUT2D eigenvalue weighted by atomic mass is 10.2. The number of nitrogens with two attached hydrogens (primary N) is 1. The van der Waals surface area contributed by atoms with Gasteiger partial charge in [-0.05, 0) is 11.6 Å². The van der Waals surface area contributed by atoms with E-state index >= 15 is 0 Å². The second-order valence-electron chi connectivity index (χ2n) is 4.08. The molecule has 0 saturated heterocycles. The van der Waals surface area contributed by atoms with Crippen LogP contribution in [0.2, 0.25) is 10.0 Å². The molecule has 21 heavy (non-hydrogen) atoms. The van der Waals surface area contributed by atoms with Gasteiger partial charge in [0.1, 0.15) is 4.70 Å². The zero-order valence-corrected chi connectivity index (χ0v) is 13.5. The molecule has 3 N–H and O–H groups in total. The minimum absolute atomic E-state index is 0.242. The predicted octanol–water partition coefficient (Wildman–Crippen LogP) is 3.56. The van der Waals surface area contributed by atoms with Gasteiger partial charge in [0.2, 0.25) is 0 Å². The monoisotopic (exact) mass is 358 g/mol. The predicted molar refractivity (Wildman–Crippen MR) is 88.5 cm³/mol. The summed E-state index contributed by atoms with van der Waals surface area (Å²) in [5, 5.41) is 1.80. The van der Waals surface area contributed by atoms with Crippen molar-refractivity contribution in [1.82, 2.24) is 15.0 Å². The maximum Gasteiger partial charge on any atom is 0.271 e. The van der Waals surface area contributed by atoms with E-state index in [2.05, 4.69) is 15.0 Å². The first-order chi connectivity index (χ1) is 10.0. The number of hydrogen-bond donors (Lipinski definition) is 2. The molecule has 3 rings (SSSR count). The number of aromatic amines is 1. The highest BCUT2D eigenvalue weighted by Gasteiger charge is 2.11. The summed E-state index contributed by atoms with van der Waals surface area (Å²) in [5.74, 6) is 0.535. The van der Waals surface area contributed by atoms with Gasteiger partial charge < -0.3 is 10.7 Å². The van der Waals surface area contributed by atoms with Crippen LogP contribution < -0.4 is 11.3 Å². The van der Waals surface area contributed by atoms with Crippen LogP contribution in [-0.2, 0) is 5.75 Å². The summed E-state index contributed by atoms with van der Waals surface area (Å²) in [6.45, 7) is 0. The minimum atomic E-state index is -0.242. The number of aromatic nitrogens is 3. The van der Waals surface area contributed by atoms with Gasteiger partial charge in [-0.15, -0.1) is 0 Å². The number of H-pyrrole nitrogens is 1. The Labute approximate surface area is 137 Å². The van der Waals surface area contributed by atoms with Crippen molar-refractivity contribution >= 4 is 61.8 Å². The fourth-order valence-corrected chi connectivity index (χ4v) is 3.69. The summed E-state index contributed by atoms with van der Waals surface area (Å²) >= 11 is 14.6. The molecule has 0 aliphatic carbocycles. The van der Waals surface area contributed by atoms with E-state index in [1.165, 1.54) is 11.8 Å². The molecule has 0 radical (unpaired) electrons. The van der Waals surface area contributed by atoms with E-state index in [9.17, 15) is 4.79 Å². The van der Waals surface area contributed by atoms with Gasteiger partial charge in [0.25, 0.3) is 5.56 Å². The molecule has 9 heteroatoms. The lowest BCUT2D eigenvalue weighted by molar-refractivity contribution is 0.968. The van der Waals surface area contributed by atoms with Gasteiger partial charge in [0.15, 0.2) is 15.9 Å². The Morgan fingerprint density at radius 3 is 2.95 bits per heavy atom. The summed E-state index contributed by atoms with van der Waals surface area (Å²) in [6.07, 6.45) is 0. The number of fused-ring (bicyclic) bond motifs is 1. The van der Waals surface area contributed by atoms with Crippen LogP contribution in [0.1, 0.15) is 5.56 Å². The van der Waals surface area contributed by atoms with E-state index in [-0.39, 0.29) is 5.56 Å². The first-order valence-corrected chi connectivity index (χ1v) is 8.32. The van der Waals surface area contributed by atoms with Crippen molar-refractivity contribution in [2.45, 2.75) is 10.9 Å². The van der Waals surface area contributed by atoms with E-state index in [0.717, 1.165) is 16.9 Å². The number of anilines is 1. The van der Waals surface area contributed by atoms with Crippen LogP contribution in [0.3, 0.4) is 0 Å². The topological polar surface area (TPSA) is 84.7 Å². The second-order valence-corrected chi connectivity index (χ2v) is 6.86. The van der Waals surface area contributed by atoms with Gasteiger partial charge in [0.05, 0.1) is 10.0 Å². The molecule has 108 valence electrons. The summed E-state index contributed by atoms with van der Waals surface area (Å²) in [7, 11) is 0. The van der Waals surface area contributed by atoms with Crippen molar-refractivity contribution < 1.29 is 0 Å². The average Bonchev–Trinajstić information content (AvgIpc) is 2.81. The first kappa shape index (κ1) is 14.6. The van der Waals surface area contributed by atoms with Gasteiger partial charge in [-0.2, -0.15) is 0 Å². The number of rotatable bonds is 3. The lowest BCUT2D eigenvalue weighted by Crippen LogP contribution is -2.07. The number of thioether (sulfide) groups is 1. The highest BCUT2D eigenvalue weighted by molar-refractivity contribution is 7.98. The van der Waals surface area contributed by atoms with E-state index in [1.807, 2.05) is 12.1 Å².